The van der Waals surface area contributed by atoms with Crippen molar-refractivity contribution in [3.63, 3.8) is 0 Å². The molecule has 3 nitrogen and oxygen atoms in total. The van der Waals surface area contributed by atoms with Gasteiger partial charge in [0.2, 0.25) is 0 Å². The third-order valence-electron chi connectivity index (χ3n) is 3.83. The number of aliphatic hydroxyl groups is 1. The lowest BCUT2D eigenvalue weighted by molar-refractivity contribution is 0.164. The number of hydrogen-bond donors (Lipinski definition) is 2. The van der Waals surface area contributed by atoms with Gasteiger partial charge in [0.1, 0.15) is 5.75 Å². The SMILES string of the molecule is CNC(C)(CO)CCCOc1cccc2ccccc12. The molecule has 0 radical (unpaired) electrons. The van der Waals surface area contributed by atoms with Crippen LogP contribution in [0.3, 0.4) is 0 Å². The molecule has 0 aliphatic heterocycles. The zero-order valence-corrected chi connectivity index (χ0v) is 12.2. The van der Waals surface area contributed by atoms with Crippen LogP contribution >= 0.6 is 0 Å². The first-order chi connectivity index (χ1) is 9.68. The van der Waals surface area contributed by atoms with Gasteiger partial charge < -0.3 is 15.2 Å². The molecule has 2 rings (SSSR count). The zero-order chi connectivity index (χ0) is 14.4. The fourth-order valence-electron chi connectivity index (χ4n) is 2.25. The van der Waals surface area contributed by atoms with E-state index in [1.54, 1.807) is 0 Å². The first kappa shape index (κ1) is 14.8. The second kappa shape index (κ2) is 6.73. The van der Waals surface area contributed by atoms with Gasteiger partial charge in [0.15, 0.2) is 0 Å². The monoisotopic (exact) mass is 273 g/mol. The predicted molar refractivity (Wildman–Crippen MR) is 83.2 cm³/mol. The molecule has 0 aliphatic carbocycles. The molecule has 1 unspecified atom stereocenters. The molecule has 0 amide bonds. The summed E-state index contributed by atoms with van der Waals surface area (Å²) in [6.07, 6.45) is 1.78. The summed E-state index contributed by atoms with van der Waals surface area (Å²) in [5, 5.41) is 14.8. The van der Waals surface area contributed by atoms with Gasteiger partial charge in [0.05, 0.1) is 13.2 Å². The molecule has 0 heterocycles. The third kappa shape index (κ3) is 3.50. The second-order valence-corrected chi connectivity index (χ2v) is 5.40. The van der Waals surface area contributed by atoms with Crippen LogP contribution in [0, 0.1) is 0 Å². The molecule has 0 aromatic heterocycles. The normalized spacial score (nSPS) is 14.2. The van der Waals surface area contributed by atoms with Crippen molar-refractivity contribution in [3.8, 4) is 5.75 Å². The lowest BCUT2D eigenvalue weighted by atomic mass is 9.97. The van der Waals surface area contributed by atoms with Crippen LogP contribution in [-0.2, 0) is 0 Å². The van der Waals surface area contributed by atoms with Crippen molar-refractivity contribution >= 4 is 10.8 Å². The van der Waals surface area contributed by atoms with Crippen LogP contribution in [0.4, 0.5) is 0 Å². The van der Waals surface area contributed by atoms with Crippen LogP contribution in [-0.4, -0.2) is 30.9 Å². The number of aliphatic hydroxyl groups excluding tert-OH is 1. The Morgan fingerprint density at radius 2 is 1.90 bits per heavy atom. The molecule has 0 saturated heterocycles. The van der Waals surface area contributed by atoms with E-state index in [1.807, 2.05) is 38.2 Å². The summed E-state index contributed by atoms with van der Waals surface area (Å²) in [7, 11) is 1.88. The predicted octanol–water partition coefficient (Wildman–Crippen LogP) is 2.97. The Labute approximate surface area is 120 Å². The maximum atomic E-state index is 9.34. The van der Waals surface area contributed by atoms with Crippen molar-refractivity contribution < 1.29 is 9.84 Å². The van der Waals surface area contributed by atoms with E-state index in [0.29, 0.717) is 6.61 Å². The van der Waals surface area contributed by atoms with Crippen LogP contribution in [0.5, 0.6) is 5.75 Å². The Hall–Kier alpha value is -1.58. The van der Waals surface area contributed by atoms with E-state index in [1.165, 1.54) is 5.39 Å². The largest absolute Gasteiger partial charge is 0.493 e. The molecule has 0 aliphatic rings. The molecule has 3 heteroatoms. The van der Waals surface area contributed by atoms with E-state index in [0.717, 1.165) is 24.0 Å². The maximum Gasteiger partial charge on any atom is 0.127 e. The highest BCUT2D eigenvalue weighted by Crippen LogP contribution is 2.25. The molecule has 0 bridgehead atoms. The molecule has 20 heavy (non-hydrogen) atoms. The number of nitrogens with one attached hydrogen (secondary N) is 1. The smallest absolute Gasteiger partial charge is 0.127 e. The minimum Gasteiger partial charge on any atom is -0.493 e. The summed E-state index contributed by atoms with van der Waals surface area (Å²) in [5.41, 5.74) is -0.220. The quantitative estimate of drug-likeness (QED) is 0.762. The average Bonchev–Trinajstić information content (AvgIpc) is 2.51. The van der Waals surface area contributed by atoms with Crippen molar-refractivity contribution in [1.82, 2.24) is 5.32 Å². The molecular weight excluding hydrogens is 250 g/mol. The molecule has 0 fully saturated rings. The Morgan fingerprint density at radius 3 is 2.65 bits per heavy atom. The standard InChI is InChI=1S/C17H23NO2/c1-17(13-19,18-2)11-6-12-20-16-10-5-8-14-7-3-4-9-15(14)16/h3-5,7-10,18-19H,6,11-13H2,1-2H3. The number of likely N-dealkylation sites (N-methyl/N-ethyl adjacent to an activating group) is 1. The van der Waals surface area contributed by atoms with Crippen LogP contribution < -0.4 is 10.1 Å². The Bertz CT molecular complexity index is 544. The van der Waals surface area contributed by atoms with Gasteiger partial charge in [-0.3, -0.25) is 0 Å². The summed E-state index contributed by atoms with van der Waals surface area (Å²) in [6, 6.07) is 14.3. The summed E-state index contributed by atoms with van der Waals surface area (Å²) >= 11 is 0. The molecule has 0 spiro atoms. The van der Waals surface area contributed by atoms with Crippen LogP contribution in [0.2, 0.25) is 0 Å². The summed E-state index contributed by atoms with van der Waals surface area (Å²) in [5.74, 6) is 0.929. The first-order valence-corrected chi connectivity index (χ1v) is 7.09. The van der Waals surface area contributed by atoms with Crippen molar-refractivity contribution in [3.05, 3.63) is 42.5 Å². The van der Waals surface area contributed by atoms with Crippen molar-refractivity contribution in [2.45, 2.75) is 25.3 Å². The lowest BCUT2D eigenvalue weighted by Gasteiger charge is -2.26. The second-order valence-electron chi connectivity index (χ2n) is 5.40. The van der Waals surface area contributed by atoms with Crippen molar-refractivity contribution in [2.24, 2.45) is 0 Å². The summed E-state index contributed by atoms with van der Waals surface area (Å²) in [6.45, 7) is 2.81. The minimum absolute atomic E-state index is 0.137. The van der Waals surface area contributed by atoms with Gasteiger partial charge in [-0.1, -0.05) is 36.4 Å². The number of fused-ring (bicyclic) bond motifs is 1. The highest BCUT2D eigenvalue weighted by Gasteiger charge is 2.19. The molecular formula is C17H23NO2. The van der Waals surface area contributed by atoms with E-state index in [-0.39, 0.29) is 12.1 Å². The van der Waals surface area contributed by atoms with Gasteiger partial charge in [-0.05, 0) is 38.3 Å². The van der Waals surface area contributed by atoms with Crippen molar-refractivity contribution in [2.75, 3.05) is 20.3 Å². The van der Waals surface area contributed by atoms with Crippen LogP contribution in [0.15, 0.2) is 42.5 Å². The molecule has 2 aromatic carbocycles. The number of benzene rings is 2. The lowest BCUT2D eigenvalue weighted by Crippen LogP contribution is -2.43. The molecule has 1 atom stereocenters. The number of ether oxygens (including phenoxy) is 1. The summed E-state index contributed by atoms with van der Waals surface area (Å²) in [4.78, 5) is 0. The Kier molecular flexibility index (Phi) is 4.99. The fourth-order valence-corrected chi connectivity index (χ4v) is 2.25. The highest BCUT2D eigenvalue weighted by atomic mass is 16.5. The summed E-state index contributed by atoms with van der Waals surface area (Å²) < 4.78 is 5.89. The third-order valence-corrected chi connectivity index (χ3v) is 3.83. The van der Waals surface area contributed by atoms with Gasteiger partial charge in [-0.15, -0.1) is 0 Å². The van der Waals surface area contributed by atoms with Crippen LogP contribution in [0.1, 0.15) is 19.8 Å². The fraction of sp³-hybridized carbons (Fsp3) is 0.412. The topological polar surface area (TPSA) is 41.5 Å². The zero-order valence-electron chi connectivity index (χ0n) is 12.2. The van der Waals surface area contributed by atoms with Crippen molar-refractivity contribution in [1.29, 1.82) is 0 Å². The molecule has 2 aromatic rings. The van der Waals surface area contributed by atoms with E-state index in [9.17, 15) is 5.11 Å². The van der Waals surface area contributed by atoms with E-state index in [4.69, 9.17) is 4.74 Å². The van der Waals surface area contributed by atoms with Gasteiger partial charge in [0.25, 0.3) is 0 Å². The molecule has 2 N–H and O–H groups in total. The van der Waals surface area contributed by atoms with E-state index < -0.39 is 0 Å². The van der Waals surface area contributed by atoms with Gasteiger partial charge >= 0.3 is 0 Å². The number of rotatable bonds is 7. The number of hydrogen-bond acceptors (Lipinski definition) is 3. The van der Waals surface area contributed by atoms with E-state index in [2.05, 4.69) is 23.5 Å². The van der Waals surface area contributed by atoms with Gasteiger partial charge in [0, 0.05) is 10.9 Å². The average molecular weight is 273 g/mol. The highest BCUT2D eigenvalue weighted by molar-refractivity contribution is 5.88. The van der Waals surface area contributed by atoms with Gasteiger partial charge in [-0.2, -0.15) is 0 Å². The minimum atomic E-state index is -0.220. The van der Waals surface area contributed by atoms with Crippen LogP contribution in [0.25, 0.3) is 10.8 Å². The van der Waals surface area contributed by atoms with E-state index >= 15 is 0 Å². The Morgan fingerprint density at radius 1 is 1.15 bits per heavy atom. The molecule has 108 valence electrons. The first-order valence-electron chi connectivity index (χ1n) is 7.09. The Balaban J connectivity index is 1.94. The molecule has 0 saturated carbocycles. The van der Waals surface area contributed by atoms with Gasteiger partial charge in [-0.25, -0.2) is 0 Å². The maximum absolute atomic E-state index is 9.34.